The Morgan fingerprint density at radius 3 is 2.42 bits per heavy atom. The molecule has 38 heavy (non-hydrogen) atoms. The number of nitrogen functional groups attached to an aromatic ring is 1. The number of piperazine rings is 1. The minimum absolute atomic E-state index is 0.190. The third-order valence-electron chi connectivity index (χ3n) is 6.60. The Hall–Kier alpha value is -2.72. The van der Waals surface area contributed by atoms with Crippen molar-refractivity contribution in [2.45, 2.75) is 12.7 Å². The lowest BCUT2D eigenvalue weighted by atomic mass is 10.1. The van der Waals surface area contributed by atoms with E-state index in [4.69, 9.17) is 22.1 Å². The van der Waals surface area contributed by atoms with E-state index < -0.39 is 21.8 Å². The SMILES string of the molecule is CS(=O)(=O)N1CCN(Cc2cc3c(N4CCOCC4)nc(-c4cnc(N)cc4C(F)(F)F)nn3c2Cl)CC1. The molecule has 206 valence electrons. The van der Waals surface area contributed by atoms with Crippen LogP contribution in [0.15, 0.2) is 18.3 Å². The van der Waals surface area contributed by atoms with Gasteiger partial charge in [-0.3, -0.25) is 4.90 Å². The predicted octanol–water partition coefficient (Wildman–Crippen LogP) is 1.96. The summed E-state index contributed by atoms with van der Waals surface area (Å²) in [5, 5.41) is 4.63. The van der Waals surface area contributed by atoms with E-state index in [0.29, 0.717) is 75.9 Å². The molecular weight excluding hydrogens is 549 g/mol. The quantitative estimate of drug-likeness (QED) is 0.487. The molecule has 0 atom stereocenters. The monoisotopic (exact) mass is 574 g/mol. The summed E-state index contributed by atoms with van der Waals surface area (Å²) < 4.78 is 73.6. The largest absolute Gasteiger partial charge is 0.417 e. The highest BCUT2D eigenvalue weighted by Gasteiger charge is 2.36. The zero-order chi connectivity index (χ0) is 27.2. The maximum atomic E-state index is 13.9. The Labute approximate surface area is 222 Å². The van der Waals surface area contributed by atoms with Gasteiger partial charge < -0.3 is 15.4 Å². The van der Waals surface area contributed by atoms with E-state index in [1.165, 1.54) is 15.1 Å². The molecule has 0 unspecified atom stereocenters. The molecule has 2 N–H and O–H groups in total. The maximum absolute atomic E-state index is 13.9. The Bertz CT molecular complexity index is 1450. The Kier molecular flexibility index (Phi) is 7.15. The molecule has 0 saturated carbocycles. The molecule has 0 aliphatic carbocycles. The fourth-order valence-corrected chi connectivity index (χ4v) is 5.71. The van der Waals surface area contributed by atoms with Crippen LogP contribution in [0.25, 0.3) is 16.9 Å². The number of hydrogen-bond donors (Lipinski definition) is 1. The van der Waals surface area contributed by atoms with E-state index >= 15 is 0 Å². The van der Waals surface area contributed by atoms with Crippen molar-refractivity contribution < 1.29 is 26.3 Å². The minimum atomic E-state index is -4.70. The van der Waals surface area contributed by atoms with E-state index in [1.54, 1.807) is 0 Å². The van der Waals surface area contributed by atoms with E-state index in [2.05, 4.69) is 20.0 Å². The minimum Gasteiger partial charge on any atom is -0.384 e. The van der Waals surface area contributed by atoms with Crippen LogP contribution in [0, 0.1) is 0 Å². The normalized spacial score (nSPS) is 18.4. The summed E-state index contributed by atoms with van der Waals surface area (Å²) in [5.74, 6) is -0.0317. The number of alkyl halides is 3. The van der Waals surface area contributed by atoms with Crippen LogP contribution >= 0.6 is 11.6 Å². The topological polar surface area (TPSA) is 122 Å². The number of morpholine rings is 1. The van der Waals surface area contributed by atoms with Crippen molar-refractivity contribution in [3.63, 3.8) is 0 Å². The molecule has 2 aliphatic heterocycles. The zero-order valence-electron chi connectivity index (χ0n) is 20.4. The molecule has 2 fully saturated rings. The van der Waals surface area contributed by atoms with Crippen LogP contribution in [0.4, 0.5) is 24.8 Å². The third kappa shape index (κ3) is 5.38. The molecule has 2 aliphatic rings. The van der Waals surface area contributed by atoms with Crippen molar-refractivity contribution in [3.05, 3.63) is 34.6 Å². The van der Waals surface area contributed by atoms with Gasteiger partial charge in [0, 0.05) is 57.6 Å². The molecule has 16 heteroatoms. The number of nitrogens with zero attached hydrogens (tertiary/aromatic N) is 7. The second-order valence-corrected chi connectivity index (χ2v) is 11.5. The lowest BCUT2D eigenvalue weighted by molar-refractivity contribution is -0.137. The summed E-state index contributed by atoms with van der Waals surface area (Å²) in [4.78, 5) is 12.4. The van der Waals surface area contributed by atoms with E-state index in [9.17, 15) is 21.6 Å². The smallest absolute Gasteiger partial charge is 0.384 e. The van der Waals surface area contributed by atoms with Crippen molar-refractivity contribution in [3.8, 4) is 11.4 Å². The second-order valence-electron chi connectivity index (χ2n) is 9.21. The number of sulfonamides is 1. The van der Waals surface area contributed by atoms with E-state index in [-0.39, 0.29) is 22.4 Å². The molecule has 3 aromatic heterocycles. The van der Waals surface area contributed by atoms with E-state index in [1.807, 2.05) is 11.0 Å². The predicted molar refractivity (Wildman–Crippen MR) is 135 cm³/mol. The molecule has 0 aromatic carbocycles. The number of hydrogen-bond acceptors (Lipinski definition) is 9. The van der Waals surface area contributed by atoms with Crippen molar-refractivity contribution in [2.24, 2.45) is 0 Å². The number of fused-ring (bicyclic) bond motifs is 1. The fourth-order valence-electron chi connectivity index (χ4n) is 4.64. The van der Waals surface area contributed by atoms with Crippen LogP contribution in [0.1, 0.15) is 11.1 Å². The molecular formula is C22H26ClF3N8O3S. The Balaban J connectivity index is 1.57. The average Bonchev–Trinajstić information content (AvgIpc) is 3.18. The number of pyridine rings is 1. The van der Waals surface area contributed by atoms with Crippen LogP contribution in [-0.2, 0) is 27.5 Å². The summed E-state index contributed by atoms with van der Waals surface area (Å²) in [5.41, 5.74) is 5.48. The molecule has 0 bridgehead atoms. The zero-order valence-corrected chi connectivity index (χ0v) is 22.0. The molecule has 0 radical (unpaired) electrons. The molecule has 2 saturated heterocycles. The van der Waals surface area contributed by atoms with Gasteiger partial charge in [0.1, 0.15) is 16.5 Å². The first kappa shape index (κ1) is 26.9. The van der Waals surface area contributed by atoms with Crippen LogP contribution in [-0.4, -0.2) is 95.9 Å². The van der Waals surface area contributed by atoms with Gasteiger partial charge in [-0.1, -0.05) is 11.6 Å². The van der Waals surface area contributed by atoms with Gasteiger partial charge in [-0.2, -0.15) is 17.5 Å². The molecule has 0 spiro atoms. The van der Waals surface area contributed by atoms with Gasteiger partial charge in [-0.05, 0) is 12.1 Å². The van der Waals surface area contributed by atoms with Crippen molar-refractivity contribution in [2.75, 3.05) is 69.4 Å². The summed E-state index contributed by atoms with van der Waals surface area (Å²) in [7, 11) is -3.27. The number of ether oxygens (including phenoxy) is 1. The first-order chi connectivity index (χ1) is 17.9. The van der Waals surface area contributed by atoms with Gasteiger partial charge in [-0.15, -0.1) is 5.10 Å². The Morgan fingerprint density at radius 1 is 1.11 bits per heavy atom. The van der Waals surface area contributed by atoms with Gasteiger partial charge in [0.05, 0.1) is 30.6 Å². The Morgan fingerprint density at radius 2 is 1.79 bits per heavy atom. The number of aromatic nitrogens is 4. The fraction of sp³-hybridized carbons (Fsp3) is 0.500. The lowest BCUT2D eigenvalue weighted by Crippen LogP contribution is -2.47. The van der Waals surface area contributed by atoms with Gasteiger partial charge >= 0.3 is 6.18 Å². The molecule has 11 nitrogen and oxygen atoms in total. The number of halogens is 4. The lowest BCUT2D eigenvalue weighted by Gasteiger charge is -2.33. The molecule has 5 heterocycles. The van der Waals surface area contributed by atoms with Gasteiger partial charge in [0.2, 0.25) is 10.0 Å². The van der Waals surface area contributed by atoms with Crippen LogP contribution < -0.4 is 10.6 Å². The third-order valence-corrected chi connectivity index (χ3v) is 8.31. The van der Waals surface area contributed by atoms with Crippen molar-refractivity contribution in [1.29, 1.82) is 0 Å². The molecule has 5 rings (SSSR count). The summed E-state index contributed by atoms with van der Waals surface area (Å²) in [6.07, 6.45) is -2.50. The van der Waals surface area contributed by atoms with Crippen LogP contribution in [0.3, 0.4) is 0 Å². The standard InChI is InChI=1S/C22H26ClF3N8O3S/c1-38(35,36)33-4-2-31(3-5-33)13-14-10-17-21(32-6-8-37-9-7-32)29-20(30-34(17)19(14)23)15-12-28-18(27)11-16(15)22(24,25)26/h10-12H,2-9,13H2,1H3,(H2,27,28). The highest BCUT2D eigenvalue weighted by atomic mass is 35.5. The number of rotatable bonds is 5. The first-order valence-corrected chi connectivity index (χ1v) is 14.1. The molecule has 0 amide bonds. The highest BCUT2D eigenvalue weighted by Crippen LogP contribution is 2.38. The van der Waals surface area contributed by atoms with Gasteiger partial charge in [0.15, 0.2) is 11.6 Å². The van der Waals surface area contributed by atoms with Crippen LogP contribution in [0.5, 0.6) is 0 Å². The van der Waals surface area contributed by atoms with Gasteiger partial charge in [0.25, 0.3) is 0 Å². The maximum Gasteiger partial charge on any atom is 0.417 e. The van der Waals surface area contributed by atoms with Crippen molar-refractivity contribution in [1.82, 2.24) is 28.8 Å². The first-order valence-electron chi connectivity index (χ1n) is 11.8. The number of nitrogens with two attached hydrogens (primary N) is 1. The van der Waals surface area contributed by atoms with E-state index in [0.717, 1.165) is 12.3 Å². The summed E-state index contributed by atoms with van der Waals surface area (Å²) in [6, 6.07) is 2.59. The highest BCUT2D eigenvalue weighted by molar-refractivity contribution is 7.88. The second kappa shape index (κ2) is 10.1. The van der Waals surface area contributed by atoms with Gasteiger partial charge in [-0.25, -0.2) is 22.9 Å². The van der Waals surface area contributed by atoms with Crippen LogP contribution in [0.2, 0.25) is 5.15 Å². The molecule has 3 aromatic rings. The average molecular weight is 575 g/mol. The summed E-state index contributed by atoms with van der Waals surface area (Å²) in [6.45, 7) is 4.00. The van der Waals surface area contributed by atoms with Crippen molar-refractivity contribution >= 4 is 38.8 Å². The summed E-state index contributed by atoms with van der Waals surface area (Å²) >= 11 is 6.74. The number of anilines is 2.